The fourth-order valence-corrected chi connectivity index (χ4v) is 4.80. The summed E-state index contributed by atoms with van der Waals surface area (Å²) in [6.45, 7) is 2.38. The zero-order valence-corrected chi connectivity index (χ0v) is 22.1. The van der Waals surface area contributed by atoms with E-state index in [-0.39, 0.29) is 10.9 Å². The lowest BCUT2D eigenvalue weighted by Gasteiger charge is -2.15. The third-order valence-electron chi connectivity index (χ3n) is 6.83. The van der Waals surface area contributed by atoms with Crippen molar-refractivity contribution in [1.82, 2.24) is 25.3 Å². The van der Waals surface area contributed by atoms with Crippen LogP contribution in [0.4, 0.5) is 11.6 Å². The fraction of sp³-hybridized carbons (Fsp3) is 0.310. The van der Waals surface area contributed by atoms with Gasteiger partial charge in [0.05, 0.1) is 19.1 Å². The summed E-state index contributed by atoms with van der Waals surface area (Å²) in [5.41, 5.74) is 7.57. The van der Waals surface area contributed by atoms with Crippen LogP contribution in [0.15, 0.2) is 59.7 Å². The highest BCUT2D eigenvalue weighted by Crippen LogP contribution is 2.26. The van der Waals surface area contributed by atoms with Gasteiger partial charge in [0.1, 0.15) is 5.56 Å². The maximum atomic E-state index is 13.2. The Hall–Kier alpha value is -4.12. The van der Waals surface area contributed by atoms with Crippen LogP contribution in [0.5, 0.6) is 0 Å². The summed E-state index contributed by atoms with van der Waals surface area (Å²) >= 11 is 0. The summed E-state index contributed by atoms with van der Waals surface area (Å²) in [6, 6.07) is 14.3. The number of carbonyl (C=O) groups is 1. The van der Waals surface area contributed by atoms with Crippen molar-refractivity contribution in [3.05, 3.63) is 87.3 Å². The fourth-order valence-electron chi connectivity index (χ4n) is 4.80. The van der Waals surface area contributed by atoms with E-state index in [1.54, 1.807) is 11.7 Å². The van der Waals surface area contributed by atoms with Crippen LogP contribution in [-0.4, -0.2) is 54.4 Å². The number of hydrogen-bond donors (Lipinski definition) is 3. The molecule has 2 heterocycles. The van der Waals surface area contributed by atoms with Gasteiger partial charge in [-0.05, 0) is 73.2 Å². The first-order valence-electron chi connectivity index (χ1n) is 13.0. The molecule has 2 aromatic carbocycles. The lowest BCUT2D eigenvalue weighted by Crippen LogP contribution is -2.29. The number of methoxy groups -OCH3 is 1. The Balaban J connectivity index is 1.46. The number of aryl methyl sites for hydroxylation is 2. The molecule has 0 spiro atoms. The Morgan fingerprint density at radius 3 is 2.67 bits per heavy atom. The molecule has 202 valence electrons. The van der Waals surface area contributed by atoms with Gasteiger partial charge in [-0.15, -0.1) is 0 Å². The van der Waals surface area contributed by atoms with Crippen LogP contribution in [0.25, 0.3) is 16.7 Å². The SMILES string of the molecule is COCCNCCc1ccc(Nc2ncc3c(=O)c(C(=O)NOC)cn(-c4ccc5c(c4)CCC5)c3n2)cc1. The van der Waals surface area contributed by atoms with E-state index in [2.05, 4.69) is 45.4 Å². The van der Waals surface area contributed by atoms with Gasteiger partial charge < -0.3 is 19.9 Å². The number of hydrogen-bond acceptors (Lipinski definition) is 8. The van der Waals surface area contributed by atoms with Crippen molar-refractivity contribution < 1.29 is 14.4 Å². The van der Waals surface area contributed by atoms with Gasteiger partial charge in [-0.3, -0.25) is 14.4 Å². The number of nitrogens with zero attached hydrogens (tertiary/aromatic N) is 3. The Labute approximate surface area is 226 Å². The van der Waals surface area contributed by atoms with Crippen LogP contribution >= 0.6 is 0 Å². The van der Waals surface area contributed by atoms with Crippen LogP contribution in [0.1, 0.15) is 33.5 Å². The molecule has 1 aliphatic rings. The van der Waals surface area contributed by atoms with E-state index in [9.17, 15) is 9.59 Å². The number of benzene rings is 2. The summed E-state index contributed by atoms with van der Waals surface area (Å²) in [4.78, 5) is 39.7. The Bertz CT molecular complexity index is 1530. The van der Waals surface area contributed by atoms with Gasteiger partial charge in [0.15, 0.2) is 5.65 Å². The number of amides is 1. The van der Waals surface area contributed by atoms with Gasteiger partial charge in [0, 0.05) is 37.4 Å². The van der Waals surface area contributed by atoms with E-state index in [0.29, 0.717) is 18.2 Å². The lowest BCUT2D eigenvalue weighted by atomic mass is 10.1. The molecule has 4 aromatic rings. The standard InChI is InChI=1S/C29H32N6O4/c1-38-15-14-30-13-12-19-6-9-22(10-7-19)32-29-31-17-24-26(36)25(28(37)34-39-2)18-35(27(24)33-29)23-11-8-20-4-3-5-21(20)16-23/h6-11,16-18,30H,3-5,12-15H2,1-2H3,(H,34,37)(H,31,32,33). The minimum absolute atomic E-state index is 0.0542. The van der Waals surface area contributed by atoms with Gasteiger partial charge >= 0.3 is 0 Å². The highest BCUT2D eigenvalue weighted by Gasteiger charge is 2.19. The lowest BCUT2D eigenvalue weighted by molar-refractivity contribution is 0.0536. The molecule has 0 atom stereocenters. The van der Waals surface area contributed by atoms with Gasteiger partial charge in [-0.2, -0.15) is 4.98 Å². The first-order chi connectivity index (χ1) is 19.1. The number of rotatable bonds is 11. The normalized spacial score (nSPS) is 12.5. The largest absolute Gasteiger partial charge is 0.383 e. The number of ether oxygens (including phenoxy) is 1. The maximum absolute atomic E-state index is 13.2. The monoisotopic (exact) mass is 528 g/mol. The molecule has 1 amide bonds. The zero-order valence-electron chi connectivity index (χ0n) is 22.1. The second kappa shape index (κ2) is 12.2. The Kier molecular flexibility index (Phi) is 8.26. The first-order valence-corrected chi connectivity index (χ1v) is 13.0. The van der Waals surface area contributed by atoms with Gasteiger partial charge in [-0.25, -0.2) is 10.5 Å². The number of aromatic nitrogens is 3. The van der Waals surface area contributed by atoms with E-state index < -0.39 is 11.3 Å². The minimum atomic E-state index is -0.629. The van der Waals surface area contributed by atoms with Crippen LogP contribution in [0, 0.1) is 0 Å². The van der Waals surface area contributed by atoms with Crippen LogP contribution in [0.3, 0.4) is 0 Å². The number of nitrogens with one attached hydrogen (secondary N) is 3. The molecule has 3 N–H and O–H groups in total. The average Bonchev–Trinajstić information content (AvgIpc) is 3.42. The predicted molar refractivity (Wildman–Crippen MR) is 150 cm³/mol. The topological polar surface area (TPSA) is 119 Å². The van der Waals surface area contributed by atoms with E-state index in [1.807, 2.05) is 18.2 Å². The Morgan fingerprint density at radius 2 is 1.87 bits per heavy atom. The number of carbonyl (C=O) groups excluding carboxylic acids is 1. The molecule has 0 saturated heterocycles. The van der Waals surface area contributed by atoms with Gasteiger partial charge in [0.25, 0.3) is 5.91 Å². The Morgan fingerprint density at radius 1 is 1.05 bits per heavy atom. The third kappa shape index (κ3) is 5.98. The molecule has 10 nitrogen and oxygen atoms in total. The summed E-state index contributed by atoms with van der Waals surface area (Å²) in [7, 11) is 3.02. The molecule has 0 radical (unpaired) electrons. The molecule has 0 fully saturated rings. The summed E-state index contributed by atoms with van der Waals surface area (Å²) in [5, 5.41) is 6.81. The minimum Gasteiger partial charge on any atom is -0.383 e. The smallest absolute Gasteiger partial charge is 0.280 e. The first kappa shape index (κ1) is 26.5. The maximum Gasteiger partial charge on any atom is 0.280 e. The molecule has 1 aliphatic carbocycles. The van der Waals surface area contributed by atoms with Crippen molar-refractivity contribution in [2.24, 2.45) is 0 Å². The van der Waals surface area contributed by atoms with E-state index in [1.165, 1.54) is 36.2 Å². The molecular formula is C29H32N6O4. The van der Waals surface area contributed by atoms with Crippen molar-refractivity contribution >= 4 is 28.6 Å². The molecule has 39 heavy (non-hydrogen) atoms. The highest BCUT2D eigenvalue weighted by atomic mass is 16.6. The number of pyridine rings is 1. The molecule has 2 aromatic heterocycles. The predicted octanol–water partition coefficient (Wildman–Crippen LogP) is 3.08. The third-order valence-corrected chi connectivity index (χ3v) is 6.83. The molecule has 0 bridgehead atoms. The number of fused-ring (bicyclic) bond motifs is 2. The molecular weight excluding hydrogens is 496 g/mol. The van der Waals surface area contributed by atoms with E-state index in [0.717, 1.165) is 50.1 Å². The molecule has 0 saturated carbocycles. The average molecular weight is 529 g/mol. The van der Waals surface area contributed by atoms with Gasteiger partial charge in [-0.1, -0.05) is 18.2 Å². The summed E-state index contributed by atoms with van der Waals surface area (Å²) in [5.74, 6) is -0.282. The van der Waals surface area contributed by atoms with Crippen molar-refractivity contribution in [3.63, 3.8) is 0 Å². The number of hydroxylamine groups is 1. The molecule has 5 rings (SSSR count). The quantitative estimate of drug-likeness (QED) is 0.201. The second-order valence-corrected chi connectivity index (χ2v) is 9.43. The molecule has 10 heteroatoms. The van der Waals surface area contributed by atoms with Crippen molar-refractivity contribution in [2.45, 2.75) is 25.7 Å². The molecule has 0 aliphatic heterocycles. The van der Waals surface area contributed by atoms with Gasteiger partial charge in [0.2, 0.25) is 11.4 Å². The zero-order chi connectivity index (χ0) is 27.2. The second-order valence-electron chi connectivity index (χ2n) is 9.43. The van der Waals surface area contributed by atoms with Crippen LogP contribution < -0.4 is 21.5 Å². The molecule has 0 unspecified atom stereocenters. The summed E-state index contributed by atoms with van der Waals surface area (Å²) < 4.78 is 6.82. The number of anilines is 2. The van der Waals surface area contributed by atoms with Crippen molar-refractivity contribution in [2.75, 3.05) is 39.2 Å². The van der Waals surface area contributed by atoms with Crippen molar-refractivity contribution in [3.8, 4) is 5.69 Å². The highest BCUT2D eigenvalue weighted by molar-refractivity contribution is 5.96. The van der Waals surface area contributed by atoms with Crippen molar-refractivity contribution in [1.29, 1.82) is 0 Å². The van der Waals surface area contributed by atoms with Crippen LogP contribution in [-0.2, 0) is 28.8 Å². The van der Waals surface area contributed by atoms with E-state index >= 15 is 0 Å². The summed E-state index contributed by atoms with van der Waals surface area (Å²) in [6.07, 6.45) is 7.05. The van der Waals surface area contributed by atoms with E-state index in [4.69, 9.17) is 14.6 Å². The van der Waals surface area contributed by atoms with Crippen LogP contribution in [0.2, 0.25) is 0 Å².